The molecule has 0 atom stereocenters. The minimum Gasteiger partial charge on any atom is -0.489 e. The topological polar surface area (TPSA) is 119 Å². The monoisotopic (exact) mass is 521 g/mol. The molecule has 3 aromatic carbocycles. The first kappa shape index (κ1) is 22.9. The molecule has 0 unspecified atom stereocenters. The van der Waals surface area contributed by atoms with Crippen molar-refractivity contribution in [1.82, 2.24) is 5.32 Å². The molecular weight excluding hydrogens is 506 g/mol. The number of benzene rings is 3. The van der Waals surface area contributed by atoms with E-state index in [9.17, 15) is 24.5 Å². The van der Waals surface area contributed by atoms with Crippen LogP contribution in [0.1, 0.15) is 11.1 Å². The number of hydrogen-bond donors (Lipinski definition) is 1. The third-order valence-corrected chi connectivity index (χ3v) is 5.46. The molecule has 34 heavy (non-hydrogen) atoms. The fraction of sp³-hybridized carbons (Fsp3) is 0.0417. The van der Waals surface area contributed by atoms with Crippen LogP contribution in [0.25, 0.3) is 6.08 Å². The average Bonchev–Trinajstić information content (AvgIpc) is 2.82. The zero-order chi connectivity index (χ0) is 24.2. The van der Waals surface area contributed by atoms with E-state index in [4.69, 9.17) is 4.74 Å². The van der Waals surface area contributed by atoms with E-state index in [-0.39, 0.29) is 17.9 Å². The molecule has 10 heteroatoms. The summed E-state index contributed by atoms with van der Waals surface area (Å²) < 4.78 is 6.47. The van der Waals surface area contributed by atoms with Gasteiger partial charge in [-0.2, -0.15) is 0 Å². The molecule has 1 heterocycles. The molecule has 170 valence electrons. The van der Waals surface area contributed by atoms with Gasteiger partial charge >= 0.3 is 6.03 Å². The largest absolute Gasteiger partial charge is 0.489 e. The molecule has 0 radical (unpaired) electrons. The number of imide groups is 2. The lowest BCUT2D eigenvalue weighted by atomic mass is 10.1. The molecule has 0 saturated carbocycles. The fourth-order valence-corrected chi connectivity index (χ4v) is 3.45. The van der Waals surface area contributed by atoms with E-state index in [0.29, 0.717) is 17.0 Å². The number of halogens is 1. The predicted octanol–water partition coefficient (Wildman–Crippen LogP) is 4.60. The van der Waals surface area contributed by atoms with Gasteiger partial charge in [-0.25, -0.2) is 9.69 Å². The zero-order valence-corrected chi connectivity index (χ0v) is 19.0. The van der Waals surface area contributed by atoms with Crippen molar-refractivity contribution in [3.63, 3.8) is 0 Å². The van der Waals surface area contributed by atoms with Crippen molar-refractivity contribution in [3.05, 3.63) is 104 Å². The number of urea groups is 1. The Morgan fingerprint density at radius 2 is 1.59 bits per heavy atom. The van der Waals surface area contributed by atoms with Gasteiger partial charge in [-0.15, -0.1) is 0 Å². The van der Waals surface area contributed by atoms with E-state index in [1.54, 1.807) is 60.7 Å². The highest BCUT2D eigenvalue weighted by Crippen LogP contribution is 2.24. The van der Waals surface area contributed by atoms with E-state index in [1.165, 1.54) is 18.2 Å². The standard InChI is InChI=1S/C24H16BrN3O6/c25-17-5-9-18(10-6-17)27-23(30)21(22(29)26-24(27)31)13-15-3-11-20(12-4-15)34-14-16-1-7-19(8-2-16)28(32)33/h1-13H,14H2,(H,26,29,31)/b21-13+. The zero-order valence-electron chi connectivity index (χ0n) is 17.4. The molecule has 3 aromatic rings. The van der Waals surface area contributed by atoms with Crippen LogP contribution in [0.15, 0.2) is 82.8 Å². The van der Waals surface area contributed by atoms with Gasteiger partial charge in [0, 0.05) is 16.6 Å². The van der Waals surface area contributed by atoms with Crippen molar-refractivity contribution in [1.29, 1.82) is 0 Å². The maximum absolute atomic E-state index is 12.9. The van der Waals surface area contributed by atoms with E-state index >= 15 is 0 Å². The Morgan fingerprint density at radius 1 is 0.941 bits per heavy atom. The molecule has 0 aliphatic carbocycles. The summed E-state index contributed by atoms with van der Waals surface area (Å²) in [6.45, 7) is 0.212. The average molecular weight is 522 g/mol. The van der Waals surface area contributed by atoms with Crippen LogP contribution in [0.4, 0.5) is 16.2 Å². The number of hydrogen-bond acceptors (Lipinski definition) is 6. The summed E-state index contributed by atoms with van der Waals surface area (Å²) in [6, 6.07) is 18.4. The SMILES string of the molecule is O=C1NC(=O)N(c2ccc(Br)cc2)C(=O)/C1=C/c1ccc(OCc2ccc([N+](=O)[O-])cc2)cc1. The number of amides is 4. The van der Waals surface area contributed by atoms with Crippen molar-refractivity contribution in [2.45, 2.75) is 6.61 Å². The second-order valence-corrected chi connectivity index (χ2v) is 8.13. The first-order valence-electron chi connectivity index (χ1n) is 9.95. The van der Waals surface area contributed by atoms with Gasteiger partial charge in [0.25, 0.3) is 17.5 Å². The van der Waals surface area contributed by atoms with Crippen molar-refractivity contribution in [2.75, 3.05) is 4.90 Å². The minimum atomic E-state index is -0.815. The van der Waals surface area contributed by atoms with Crippen molar-refractivity contribution >= 4 is 51.2 Å². The number of nitro groups is 1. The van der Waals surface area contributed by atoms with Crippen LogP contribution < -0.4 is 15.0 Å². The van der Waals surface area contributed by atoms with Gasteiger partial charge in [0.15, 0.2) is 0 Å². The number of carbonyl (C=O) groups excluding carboxylic acids is 3. The fourth-order valence-electron chi connectivity index (χ4n) is 3.19. The smallest absolute Gasteiger partial charge is 0.335 e. The molecular formula is C24H16BrN3O6. The number of carbonyl (C=O) groups is 3. The predicted molar refractivity (Wildman–Crippen MR) is 127 cm³/mol. The summed E-state index contributed by atoms with van der Waals surface area (Å²) in [5.41, 5.74) is 1.48. The summed E-state index contributed by atoms with van der Waals surface area (Å²) in [6.07, 6.45) is 1.40. The number of barbiturate groups is 1. The van der Waals surface area contributed by atoms with Gasteiger partial charge in [0.05, 0.1) is 10.6 Å². The summed E-state index contributed by atoms with van der Waals surface area (Å²) in [4.78, 5) is 48.7. The second-order valence-electron chi connectivity index (χ2n) is 7.22. The molecule has 4 amide bonds. The summed E-state index contributed by atoms with van der Waals surface area (Å²) in [5.74, 6) is -0.969. The van der Waals surface area contributed by atoms with Crippen LogP contribution in [0.5, 0.6) is 5.75 Å². The molecule has 1 saturated heterocycles. The van der Waals surface area contributed by atoms with E-state index in [1.807, 2.05) is 0 Å². The molecule has 1 aliphatic rings. The maximum Gasteiger partial charge on any atom is 0.335 e. The Bertz CT molecular complexity index is 1300. The number of nitro benzene ring substituents is 1. The molecule has 1 N–H and O–H groups in total. The highest BCUT2D eigenvalue weighted by atomic mass is 79.9. The van der Waals surface area contributed by atoms with Gasteiger partial charge < -0.3 is 4.74 Å². The van der Waals surface area contributed by atoms with Crippen LogP contribution in [0, 0.1) is 10.1 Å². The third kappa shape index (κ3) is 5.02. The summed E-state index contributed by atoms with van der Waals surface area (Å²) in [7, 11) is 0. The maximum atomic E-state index is 12.9. The molecule has 1 aliphatic heterocycles. The second kappa shape index (κ2) is 9.67. The van der Waals surface area contributed by atoms with Gasteiger partial charge in [-0.05, 0) is 65.7 Å². The van der Waals surface area contributed by atoms with Crippen LogP contribution in [0.3, 0.4) is 0 Å². The number of non-ortho nitro benzene ring substituents is 1. The third-order valence-electron chi connectivity index (χ3n) is 4.93. The van der Waals surface area contributed by atoms with E-state index in [2.05, 4.69) is 21.2 Å². The number of rotatable bonds is 6. The highest BCUT2D eigenvalue weighted by molar-refractivity contribution is 9.10. The van der Waals surface area contributed by atoms with Gasteiger partial charge in [0.2, 0.25) is 0 Å². The summed E-state index contributed by atoms with van der Waals surface area (Å²) >= 11 is 3.30. The Morgan fingerprint density at radius 3 is 2.21 bits per heavy atom. The van der Waals surface area contributed by atoms with Gasteiger partial charge in [-0.1, -0.05) is 28.1 Å². The van der Waals surface area contributed by atoms with E-state index < -0.39 is 22.8 Å². The molecule has 9 nitrogen and oxygen atoms in total. The number of anilines is 1. The Labute approximate surface area is 201 Å². The van der Waals surface area contributed by atoms with E-state index in [0.717, 1.165) is 14.9 Å². The van der Waals surface area contributed by atoms with Crippen molar-refractivity contribution in [3.8, 4) is 5.75 Å². The Hall–Kier alpha value is -4.31. The lowest BCUT2D eigenvalue weighted by Crippen LogP contribution is -2.54. The Balaban J connectivity index is 1.47. The normalized spacial score (nSPS) is 14.8. The minimum absolute atomic E-state index is 0.00263. The van der Waals surface area contributed by atoms with Crippen LogP contribution >= 0.6 is 15.9 Å². The quantitative estimate of drug-likeness (QED) is 0.219. The summed E-state index contributed by atoms with van der Waals surface area (Å²) in [5, 5.41) is 12.9. The Kier molecular flexibility index (Phi) is 6.51. The molecule has 0 spiro atoms. The highest BCUT2D eigenvalue weighted by Gasteiger charge is 2.36. The molecule has 0 aromatic heterocycles. The van der Waals surface area contributed by atoms with Crippen molar-refractivity contribution in [2.24, 2.45) is 0 Å². The molecule has 1 fully saturated rings. The van der Waals surface area contributed by atoms with Crippen LogP contribution in [0.2, 0.25) is 0 Å². The first-order valence-corrected chi connectivity index (χ1v) is 10.7. The number of nitrogens with zero attached hydrogens (tertiary/aromatic N) is 2. The van der Waals surface area contributed by atoms with Crippen molar-refractivity contribution < 1.29 is 24.0 Å². The number of nitrogens with one attached hydrogen (secondary N) is 1. The van der Waals surface area contributed by atoms with Gasteiger partial charge in [-0.3, -0.25) is 25.0 Å². The molecule has 4 rings (SSSR count). The first-order chi connectivity index (χ1) is 16.3. The lowest BCUT2D eigenvalue weighted by Gasteiger charge is -2.26. The molecule has 0 bridgehead atoms. The number of ether oxygens (including phenoxy) is 1. The van der Waals surface area contributed by atoms with Gasteiger partial charge in [0.1, 0.15) is 17.9 Å². The van der Waals surface area contributed by atoms with Crippen LogP contribution in [-0.4, -0.2) is 22.8 Å². The van der Waals surface area contributed by atoms with Crippen LogP contribution in [-0.2, 0) is 16.2 Å². The lowest BCUT2D eigenvalue weighted by molar-refractivity contribution is -0.384.